The molecule has 2 atom stereocenters. The highest BCUT2D eigenvalue weighted by Gasteiger charge is 2.33. The molecule has 238 valence electrons. The molecule has 0 spiro atoms. The van der Waals surface area contributed by atoms with Crippen LogP contribution in [0.1, 0.15) is 65.9 Å². The van der Waals surface area contributed by atoms with E-state index < -0.39 is 6.04 Å². The second kappa shape index (κ2) is 15.2. The van der Waals surface area contributed by atoms with Gasteiger partial charge in [0.15, 0.2) is 0 Å². The second-order valence-corrected chi connectivity index (χ2v) is 12.6. The van der Waals surface area contributed by atoms with Gasteiger partial charge in [0.2, 0.25) is 11.8 Å². The number of hydrogen-bond donors (Lipinski definition) is 2. The third-order valence-corrected chi connectivity index (χ3v) is 9.48. The summed E-state index contributed by atoms with van der Waals surface area (Å²) in [5.41, 5.74) is 2.94. The molecule has 0 bridgehead atoms. The molecule has 0 radical (unpaired) electrons. The Kier molecular flexibility index (Phi) is 10.4. The van der Waals surface area contributed by atoms with Gasteiger partial charge < -0.3 is 20.4 Å². The number of piperidine rings is 1. The summed E-state index contributed by atoms with van der Waals surface area (Å²) in [6, 6.07) is 33.8. The minimum Gasteiger partial charge on any atom is -0.350 e. The predicted octanol–water partition coefficient (Wildman–Crippen LogP) is 5.75. The van der Waals surface area contributed by atoms with Crippen molar-refractivity contribution in [3.63, 3.8) is 0 Å². The van der Waals surface area contributed by atoms with E-state index in [0.717, 1.165) is 54.3 Å². The highest BCUT2D eigenvalue weighted by molar-refractivity contribution is 5.98. The Morgan fingerprint density at radius 1 is 0.783 bits per heavy atom. The lowest BCUT2D eigenvalue weighted by molar-refractivity contribution is -0.134. The summed E-state index contributed by atoms with van der Waals surface area (Å²) in [5, 5.41) is 8.79. The molecule has 2 saturated heterocycles. The fourth-order valence-electron chi connectivity index (χ4n) is 6.84. The highest BCUT2D eigenvalue weighted by atomic mass is 16.2. The third-order valence-electron chi connectivity index (χ3n) is 9.48. The molecule has 7 heteroatoms. The minimum atomic E-state index is -0.508. The number of rotatable bonds is 10. The standard InChI is InChI=1S/C39H44N4O3/c44-37(42-23-10-3-11-24-42)21-20-36-39(46)43(28-35(30-13-4-1-5-14-30)31-15-6-2-7-16-31)25-22-34(41-36)27-40-38(45)33-19-18-29-12-8-9-17-32(29)26-33/h1-2,4-9,12-19,26,34-36,41H,3,10-11,20-25,27-28H2,(H,40,45)/t34-,36-/m1/s1. The Labute approximate surface area is 272 Å². The average molecular weight is 617 g/mol. The zero-order chi connectivity index (χ0) is 31.7. The van der Waals surface area contributed by atoms with E-state index >= 15 is 0 Å². The van der Waals surface area contributed by atoms with Crippen LogP contribution in [-0.4, -0.2) is 72.3 Å². The molecule has 7 nitrogen and oxygen atoms in total. The molecule has 2 fully saturated rings. The van der Waals surface area contributed by atoms with Crippen molar-refractivity contribution in [2.24, 2.45) is 0 Å². The Morgan fingerprint density at radius 2 is 1.43 bits per heavy atom. The molecule has 6 rings (SSSR count). The molecule has 0 aliphatic carbocycles. The molecular weight excluding hydrogens is 572 g/mol. The Balaban J connectivity index is 1.18. The van der Waals surface area contributed by atoms with Crippen molar-refractivity contribution in [1.82, 2.24) is 20.4 Å². The first-order valence-corrected chi connectivity index (χ1v) is 16.7. The molecule has 2 aliphatic rings. The molecule has 4 aromatic rings. The molecule has 2 aliphatic heterocycles. The number of hydrogen-bond acceptors (Lipinski definition) is 4. The van der Waals surface area contributed by atoms with Crippen LogP contribution in [0, 0.1) is 0 Å². The van der Waals surface area contributed by atoms with Crippen LogP contribution in [0.15, 0.2) is 103 Å². The quantitative estimate of drug-likeness (QED) is 0.238. The highest BCUT2D eigenvalue weighted by Crippen LogP contribution is 2.27. The summed E-state index contributed by atoms with van der Waals surface area (Å²) >= 11 is 0. The van der Waals surface area contributed by atoms with E-state index in [0.29, 0.717) is 44.5 Å². The number of fused-ring (bicyclic) bond motifs is 1. The Hall–Kier alpha value is -4.49. The summed E-state index contributed by atoms with van der Waals surface area (Å²) in [4.78, 5) is 44.5. The third kappa shape index (κ3) is 7.83. The maximum absolute atomic E-state index is 14.2. The lowest BCUT2D eigenvalue weighted by Crippen LogP contribution is -2.49. The molecule has 0 saturated carbocycles. The molecule has 2 N–H and O–H groups in total. The SMILES string of the molecule is O=C(NC[C@H]1CCN(CC(c2ccccc2)c2ccccc2)C(=O)[C@@H](CCC(=O)N2CCCCC2)N1)c1ccc2ccccc2c1. The largest absolute Gasteiger partial charge is 0.350 e. The maximum Gasteiger partial charge on any atom is 0.251 e. The van der Waals surface area contributed by atoms with Gasteiger partial charge >= 0.3 is 0 Å². The van der Waals surface area contributed by atoms with Gasteiger partial charge in [-0.05, 0) is 66.1 Å². The van der Waals surface area contributed by atoms with E-state index in [1.807, 2.05) is 88.7 Å². The predicted molar refractivity (Wildman–Crippen MR) is 183 cm³/mol. The number of likely N-dealkylation sites (tertiary alicyclic amines) is 1. The van der Waals surface area contributed by atoms with Gasteiger partial charge in [-0.15, -0.1) is 0 Å². The summed E-state index contributed by atoms with van der Waals surface area (Å²) in [6.45, 7) is 3.10. The summed E-state index contributed by atoms with van der Waals surface area (Å²) in [6.07, 6.45) is 4.70. The molecule has 0 aromatic heterocycles. The van der Waals surface area contributed by atoms with Crippen LogP contribution in [0.5, 0.6) is 0 Å². The molecule has 4 aromatic carbocycles. The number of carbonyl (C=O) groups excluding carboxylic acids is 3. The van der Waals surface area contributed by atoms with Gasteiger partial charge in [-0.2, -0.15) is 0 Å². The van der Waals surface area contributed by atoms with Crippen LogP contribution in [0.2, 0.25) is 0 Å². The van der Waals surface area contributed by atoms with Crippen LogP contribution in [0.25, 0.3) is 10.8 Å². The molecular formula is C39H44N4O3. The first kappa shape index (κ1) is 31.5. The van der Waals surface area contributed by atoms with Crippen LogP contribution in [0.4, 0.5) is 0 Å². The number of nitrogens with one attached hydrogen (secondary N) is 2. The number of nitrogens with zero attached hydrogens (tertiary/aromatic N) is 2. The topological polar surface area (TPSA) is 81.8 Å². The van der Waals surface area contributed by atoms with Crippen molar-refractivity contribution in [1.29, 1.82) is 0 Å². The van der Waals surface area contributed by atoms with E-state index in [2.05, 4.69) is 34.9 Å². The van der Waals surface area contributed by atoms with E-state index in [1.165, 1.54) is 0 Å². The zero-order valence-electron chi connectivity index (χ0n) is 26.4. The van der Waals surface area contributed by atoms with Gasteiger partial charge in [-0.25, -0.2) is 0 Å². The number of amides is 3. The van der Waals surface area contributed by atoms with Crippen molar-refractivity contribution < 1.29 is 14.4 Å². The molecule has 0 unspecified atom stereocenters. The van der Waals surface area contributed by atoms with Gasteiger partial charge in [0.05, 0.1) is 6.04 Å². The second-order valence-electron chi connectivity index (χ2n) is 12.6. The minimum absolute atomic E-state index is 0.0196. The average Bonchev–Trinajstić information content (AvgIpc) is 3.26. The van der Waals surface area contributed by atoms with Gasteiger partial charge in [0, 0.05) is 56.7 Å². The molecule has 2 heterocycles. The van der Waals surface area contributed by atoms with Crippen LogP contribution < -0.4 is 10.6 Å². The van der Waals surface area contributed by atoms with Crippen LogP contribution >= 0.6 is 0 Å². The van der Waals surface area contributed by atoms with E-state index in [-0.39, 0.29) is 29.7 Å². The van der Waals surface area contributed by atoms with E-state index in [9.17, 15) is 14.4 Å². The fraction of sp³-hybridized carbons (Fsp3) is 0.359. The summed E-state index contributed by atoms with van der Waals surface area (Å²) in [7, 11) is 0. The summed E-state index contributed by atoms with van der Waals surface area (Å²) in [5.74, 6) is 0.0283. The van der Waals surface area contributed by atoms with Crippen molar-refractivity contribution >= 4 is 28.5 Å². The van der Waals surface area contributed by atoms with E-state index in [4.69, 9.17) is 0 Å². The lowest BCUT2D eigenvalue weighted by Gasteiger charge is -2.30. The van der Waals surface area contributed by atoms with Gasteiger partial charge in [0.25, 0.3) is 5.91 Å². The van der Waals surface area contributed by atoms with Crippen molar-refractivity contribution in [3.05, 3.63) is 120 Å². The Morgan fingerprint density at radius 3 is 2.13 bits per heavy atom. The van der Waals surface area contributed by atoms with Crippen molar-refractivity contribution in [2.75, 3.05) is 32.7 Å². The summed E-state index contributed by atoms with van der Waals surface area (Å²) < 4.78 is 0. The van der Waals surface area contributed by atoms with Crippen molar-refractivity contribution in [2.45, 2.75) is 56.5 Å². The van der Waals surface area contributed by atoms with Gasteiger partial charge in [-0.1, -0.05) is 91.0 Å². The van der Waals surface area contributed by atoms with Crippen LogP contribution in [-0.2, 0) is 9.59 Å². The smallest absolute Gasteiger partial charge is 0.251 e. The zero-order valence-corrected chi connectivity index (χ0v) is 26.4. The normalized spacial score (nSPS) is 18.8. The first-order valence-electron chi connectivity index (χ1n) is 16.7. The maximum atomic E-state index is 14.2. The van der Waals surface area contributed by atoms with Gasteiger partial charge in [-0.3, -0.25) is 14.4 Å². The van der Waals surface area contributed by atoms with Crippen molar-refractivity contribution in [3.8, 4) is 0 Å². The number of benzene rings is 4. The number of carbonyl (C=O) groups is 3. The van der Waals surface area contributed by atoms with E-state index in [1.54, 1.807) is 0 Å². The molecule has 46 heavy (non-hydrogen) atoms. The van der Waals surface area contributed by atoms with Gasteiger partial charge in [0.1, 0.15) is 0 Å². The monoisotopic (exact) mass is 616 g/mol. The Bertz CT molecular complexity index is 1580. The lowest BCUT2D eigenvalue weighted by atomic mass is 9.90. The fourth-order valence-corrected chi connectivity index (χ4v) is 6.84. The molecule has 3 amide bonds. The first-order chi connectivity index (χ1) is 22.5. The van der Waals surface area contributed by atoms with Crippen LogP contribution in [0.3, 0.4) is 0 Å².